The Kier molecular flexibility index (Phi) is 5.06. The van der Waals surface area contributed by atoms with Gasteiger partial charge in [-0.2, -0.15) is 0 Å². The Hall–Kier alpha value is -0.0900. The van der Waals surface area contributed by atoms with Gasteiger partial charge in [0.1, 0.15) is 9.84 Å². The maximum atomic E-state index is 10.9. The van der Waals surface area contributed by atoms with Crippen molar-refractivity contribution in [3.63, 3.8) is 0 Å². The first-order valence-electron chi connectivity index (χ1n) is 5.88. The van der Waals surface area contributed by atoms with E-state index >= 15 is 0 Å². The Morgan fingerprint density at radius 1 is 1.33 bits per heavy atom. The summed E-state index contributed by atoms with van der Waals surface area (Å²) in [6.45, 7) is 3.13. The van der Waals surface area contributed by atoms with Gasteiger partial charge in [-0.05, 0) is 31.7 Å². The van der Waals surface area contributed by atoms with E-state index in [-0.39, 0.29) is 0 Å². The lowest BCUT2D eigenvalue weighted by Gasteiger charge is -2.27. The van der Waals surface area contributed by atoms with Crippen molar-refractivity contribution in [1.82, 2.24) is 5.32 Å². The average Bonchev–Trinajstić information content (AvgIpc) is 2.11. The summed E-state index contributed by atoms with van der Waals surface area (Å²) in [7, 11) is -2.78. The van der Waals surface area contributed by atoms with Crippen LogP contribution in [0.5, 0.6) is 0 Å². The third-order valence-corrected chi connectivity index (χ3v) is 4.09. The van der Waals surface area contributed by atoms with Crippen molar-refractivity contribution in [3.8, 4) is 0 Å². The maximum absolute atomic E-state index is 10.9. The van der Waals surface area contributed by atoms with Crippen LogP contribution in [0.1, 0.15) is 39.0 Å². The molecule has 1 saturated carbocycles. The van der Waals surface area contributed by atoms with E-state index in [1.807, 2.05) is 0 Å². The molecule has 15 heavy (non-hydrogen) atoms. The molecule has 1 N–H and O–H groups in total. The quantitative estimate of drug-likeness (QED) is 0.734. The van der Waals surface area contributed by atoms with Crippen LogP contribution >= 0.6 is 0 Å². The van der Waals surface area contributed by atoms with E-state index < -0.39 is 9.84 Å². The Labute approximate surface area is 93.6 Å². The van der Waals surface area contributed by atoms with E-state index in [4.69, 9.17) is 0 Å². The fraction of sp³-hybridized carbons (Fsp3) is 1.00. The van der Waals surface area contributed by atoms with Gasteiger partial charge in [0.15, 0.2) is 0 Å². The smallest absolute Gasteiger partial charge is 0.147 e. The lowest BCUT2D eigenvalue weighted by atomic mass is 9.87. The lowest BCUT2D eigenvalue weighted by Crippen LogP contribution is -2.34. The van der Waals surface area contributed by atoms with Crippen molar-refractivity contribution in [2.24, 2.45) is 5.92 Å². The SMILES string of the molecule is CC1CCCC(NCCCS(C)(=O)=O)C1. The zero-order chi connectivity index (χ0) is 11.3. The predicted molar refractivity (Wildman–Crippen MR) is 63.8 cm³/mol. The van der Waals surface area contributed by atoms with E-state index in [9.17, 15) is 8.42 Å². The van der Waals surface area contributed by atoms with Gasteiger partial charge in [-0.15, -0.1) is 0 Å². The van der Waals surface area contributed by atoms with E-state index in [1.165, 1.54) is 31.9 Å². The molecule has 1 rings (SSSR count). The molecule has 0 aromatic rings. The van der Waals surface area contributed by atoms with Gasteiger partial charge in [0.05, 0.1) is 5.75 Å². The standard InChI is InChI=1S/C11H23NO2S/c1-10-5-3-6-11(9-10)12-7-4-8-15(2,13)14/h10-12H,3-9H2,1-2H3. The summed E-state index contributed by atoms with van der Waals surface area (Å²) in [5, 5.41) is 3.46. The van der Waals surface area contributed by atoms with Gasteiger partial charge in [0, 0.05) is 12.3 Å². The van der Waals surface area contributed by atoms with E-state index in [0.29, 0.717) is 11.8 Å². The molecule has 0 aromatic carbocycles. The minimum absolute atomic E-state index is 0.308. The molecule has 0 bridgehead atoms. The molecule has 0 amide bonds. The van der Waals surface area contributed by atoms with Crippen LogP contribution in [0.4, 0.5) is 0 Å². The van der Waals surface area contributed by atoms with Crippen molar-refractivity contribution < 1.29 is 8.42 Å². The van der Waals surface area contributed by atoms with E-state index in [2.05, 4.69) is 12.2 Å². The van der Waals surface area contributed by atoms with Gasteiger partial charge in [0.2, 0.25) is 0 Å². The topological polar surface area (TPSA) is 46.2 Å². The second kappa shape index (κ2) is 5.85. The highest BCUT2D eigenvalue weighted by Gasteiger charge is 2.17. The predicted octanol–water partition coefficient (Wildman–Crippen LogP) is 1.59. The average molecular weight is 233 g/mol. The van der Waals surface area contributed by atoms with Crippen LogP contribution in [0.25, 0.3) is 0 Å². The fourth-order valence-electron chi connectivity index (χ4n) is 2.26. The van der Waals surface area contributed by atoms with Gasteiger partial charge in [-0.25, -0.2) is 8.42 Å². The first-order valence-corrected chi connectivity index (χ1v) is 7.94. The lowest BCUT2D eigenvalue weighted by molar-refractivity contribution is 0.302. The number of nitrogens with one attached hydrogen (secondary N) is 1. The molecule has 90 valence electrons. The normalized spacial score (nSPS) is 27.9. The van der Waals surface area contributed by atoms with Crippen molar-refractivity contribution in [1.29, 1.82) is 0 Å². The highest BCUT2D eigenvalue weighted by atomic mass is 32.2. The number of hydrogen-bond acceptors (Lipinski definition) is 3. The van der Waals surface area contributed by atoms with Crippen molar-refractivity contribution >= 4 is 9.84 Å². The first-order chi connectivity index (χ1) is 6.97. The Balaban J connectivity index is 2.09. The summed E-state index contributed by atoms with van der Waals surface area (Å²) in [6, 6.07) is 0.619. The highest BCUT2D eigenvalue weighted by Crippen LogP contribution is 2.23. The second-order valence-corrected chi connectivity index (χ2v) is 7.17. The van der Waals surface area contributed by atoms with Gasteiger partial charge >= 0.3 is 0 Å². The van der Waals surface area contributed by atoms with Crippen LogP contribution < -0.4 is 5.32 Å². The summed E-state index contributed by atoms with van der Waals surface area (Å²) in [4.78, 5) is 0. The molecule has 0 saturated heterocycles. The van der Waals surface area contributed by atoms with Crippen LogP contribution in [0.15, 0.2) is 0 Å². The molecular formula is C11H23NO2S. The van der Waals surface area contributed by atoms with Gasteiger partial charge < -0.3 is 5.32 Å². The molecule has 1 aliphatic rings. The summed E-state index contributed by atoms with van der Waals surface area (Å²) >= 11 is 0. The Morgan fingerprint density at radius 3 is 2.67 bits per heavy atom. The number of hydrogen-bond donors (Lipinski definition) is 1. The molecule has 1 aliphatic carbocycles. The van der Waals surface area contributed by atoms with Crippen LogP contribution in [0, 0.1) is 5.92 Å². The van der Waals surface area contributed by atoms with E-state index in [1.54, 1.807) is 0 Å². The van der Waals surface area contributed by atoms with Gasteiger partial charge in [-0.1, -0.05) is 19.8 Å². The minimum atomic E-state index is -2.78. The molecule has 0 spiro atoms. The molecule has 4 heteroatoms. The fourth-order valence-corrected chi connectivity index (χ4v) is 2.93. The zero-order valence-corrected chi connectivity index (χ0v) is 10.6. The highest BCUT2D eigenvalue weighted by molar-refractivity contribution is 7.90. The van der Waals surface area contributed by atoms with E-state index in [0.717, 1.165) is 18.9 Å². The molecule has 1 fully saturated rings. The van der Waals surface area contributed by atoms with Crippen LogP contribution in [-0.2, 0) is 9.84 Å². The summed E-state index contributed by atoms with van der Waals surface area (Å²) in [5.41, 5.74) is 0. The number of rotatable bonds is 5. The van der Waals surface area contributed by atoms with Gasteiger partial charge in [0.25, 0.3) is 0 Å². The van der Waals surface area contributed by atoms with Crippen LogP contribution in [-0.4, -0.2) is 33.0 Å². The van der Waals surface area contributed by atoms with Gasteiger partial charge in [-0.3, -0.25) is 0 Å². The second-order valence-electron chi connectivity index (χ2n) is 4.91. The van der Waals surface area contributed by atoms with Crippen LogP contribution in [0.3, 0.4) is 0 Å². The number of sulfone groups is 1. The molecule has 0 heterocycles. The summed E-state index contributed by atoms with van der Waals surface area (Å²) in [5.74, 6) is 1.13. The third-order valence-electron chi connectivity index (χ3n) is 3.06. The summed E-state index contributed by atoms with van der Waals surface area (Å²) < 4.78 is 21.8. The molecular weight excluding hydrogens is 210 g/mol. The van der Waals surface area contributed by atoms with Crippen LogP contribution in [0.2, 0.25) is 0 Å². The Morgan fingerprint density at radius 2 is 2.07 bits per heavy atom. The largest absolute Gasteiger partial charge is 0.314 e. The minimum Gasteiger partial charge on any atom is -0.314 e. The Bertz CT molecular complexity index is 274. The monoisotopic (exact) mass is 233 g/mol. The zero-order valence-electron chi connectivity index (χ0n) is 9.83. The molecule has 0 aliphatic heterocycles. The molecule has 2 unspecified atom stereocenters. The molecule has 2 atom stereocenters. The van der Waals surface area contributed by atoms with Crippen molar-refractivity contribution in [2.45, 2.75) is 45.1 Å². The molecule has 0 aromatic heterocycles. The third kappa shape index (κ3) is 6.15. The van der Waals surface area contributed by atoms with Crippen molar-refractivity contribution in [2.75, 3.05) is 18.6 Å². The first kappa shape index (κ1) is 13.0. The maximum Gasteiger partial charge on any atom is 0.147 e. The summed E-state index contributed by atoms with van der Waals surface area (Å²) in [6.07, 6.45) is 7.20. The van der Waals surface area contributed by atoms with Crippen molar-refractivity contribution in [3.05, 3.63) is 0 Å². The molecule has 3 nitrogen and oxygen atoms in total. The molecule has 0 radical (unpaired) electrons.